The van der Waals surface area contributed by atoms with Crippen molar-refractivity contribution >= 4 is 43.6 Å². The van der Waals surface area contributed by atoms with E-state index in [4.69, 9.17) is 5.26 Å². The molecule has 0 bridgehead atoms. The summed E-state index contributed by atoms with van der Waals surface area (Å²) in [5.41, 5.74) is 2.40. The molecule has 0 fully saturated rings. The van der Waals surface area contributed by atoms with Crippen molar-refractivity contribution in [2.24, 2.45) is 0 Å². The van der Waals surface area contributed by atoms with Crippen LogP contribution in [0.3, 0.4) is 0 Å². The standard InChI is InChI=1S/C13H9N3S2/c1-8-11(7-14)13(18-16-8)15-10-2-3-12-9(6-10)4-5-17-12/h2-6,15H,1H3. The number of anilines is 2. The van der Waals surface area contributed by atoms with Crippen molar-refractivity contribution in [3.8, 4) is 6.07 Å². The Morgan fingerprint density at radius 3 is 3.06 bits per heavy atom. The molecule has 88 valence electrons. The molecule has 2 heterocycles. The molecule has 0 aliphatic rings. The summed E-state index contributed by atoms with van der Waals surface area (Å²) in [6, 6.07) is 10.5. The van der Waals surface area contributed by atoms with Gasteiger partial charge in [-0.3, -0.25) is 0 Å². The van der Waals surface area contributed by atoms with Crippen molar-refractivity contribution < 1.29 is 0 Å². The molecule has 0 saturated heterocycles. The van der Waals surface area contributed by atoms with Gasteiger partial charge in [0.25, 0.3) is 0 Å². The number of nitrogens with one attached hydrogen (secondary N) is 1. The summed E-state index contributed by atoms with van der Waals surface area (Å²) < 4.78 is 5.46. The van der Waals surface area contributed by atoms with Gasteiger partial charge in [0.15, 0.2) is 0 Å². The first-order valence-corrected chi connectivity index (χ1v) is 7.04. The Morgan fingerprint density at radius 1 is 1.33 bits per heavy atom. The lowest BCUT2D eigenvalue weighted by Gasteiger charge is -2.03. The Hall–Kier alpha value is -1.90. The highest BCUT2D eigenvalue weighted by Crippen LogP contribution is 2.30. The van der Waals surface area contributed by atoms with Crippen LogP contribution in [0.1, 0.15) is 11.3 Å². The van der Waals surface area contributed by atoms with Crippen molar-refractivity contribution in [1.29, 1.82) is 5.26 Å². The number of aryl methyl sites for hydroxylation is 1. The van der Waals surface area contributed by atoms with Gasteiger partial charge < -0.3 is 5.32 Å². The molecule has 0 atom stereocenters. The van der Waals surface area contributed by atoms with E-state index in [9.17, 15) is 0 Å². The SMILES string of the molecule is Cc1nsc(Nc2ccc3sccc3c2)c1C#N. The van der Waals surface area contributed by atoms with Crippen molar-refractivity contribution in [2.45, 2.75) is 6.92 Å². The number of rotatable bonds is 2. The summed E-state index contributed by atoms with van der Waals surface area (Å²) >= 11 is 3.05. The van der Waals surface area contributed by atoms with Gasteiger partial charge in [0.05, 0.1) is 5.69 Å². The van der Waals surface area contributed by atoms with Crippen molar-refractivity contribution in [2.75, 3.05) is 5.32 Å². The zero-order valence-corrected chi connectivity index (χ0v) is 11.2. The van der Waals surface area contributed by atoms with E-state index in [1.807, 2.05) is 13.0 Å². The van der Waals surface area contributed by atoms with Crippen molar-refractivity contribution in [3.05, 3.63) is 40.9 Å². The zero-order chi connectivity index (χ0) is 12.5. The minimum Gasteiger partial charge on any atom is -0.345 e. The third-order valence-electron chi connectivity index (χ3n) is 2.68. The van der Waals surface area contributed by atoms with Crippen LogP contribution in [-0.2, 0) is 0 Å². The molecule has 0 aliphatic carbocycles. The third-order valence-corrected chi connectivity index (χ3v) is 4.44. The number of thiophene rings is 1. The maximum absolute atomic E-state index is 9.08. The van der Waals surface area contributed by atoms with Gasteiger partial charge in [-0.05, 0) is 53.5 Å². The number of hydrogen-bond donors (Lipinski definition) is 1. The maximum Gasteiger partial charge on any atom is 0.132 e. The minimum absolute atomic E-state index is 0.630. The second kappa shape index (κ2) is 4.41. The molecule has 3 nitrogen and oxygen atoms in total. The summed E-state index contributed by atoms with van der Waals surface area (Å²) in [5, 5.41) is 16.4. The first-order chi connectivity index (χ1) is 8.78. The summed E-state index contributed by atoms with van der Waals surface area (Å²) in [7, 11) is 0. The van der Waals surface area contributed by atoms with E-state index >= 15 is 0 Å². The van der Waals surface area contributed by atoms with E-state index in [0.29, 0.717) is 5.56 Å². The number of benzene rings is 1. The monoisotopic (exact) mass is 271 g/mol. The van der Waals surface area contributed by atoms with Crippen LogP contribution in [0.5, 0.6) is 0 Å². The topological polar surface area (TPSA) is 48.7 Å². The molecule has 2 aromatic heterocycles. The molecule has 3 aromatic rings. The van der Waals surface area contributed by atoms with E-state index in [1.165, 1.54) is 21.6 Å². The predicted molar refractivity (Wildman–Crippen MR) is 76.7 cm³/mol. The second-order valence-electron chi connectivity index (χ2n) is 3.88. The molecule has 0 aliphatic heterocycles. The molecular formula is C13H9N3S2. The molecule has 3 rings (SSSR count). The average molecular weight is 271 g/mol. The Morgan fingerprint density at radius 2 is 2.22 bits per heavy atom. The van der Waals surface area contributed by atoms with E-state index in [0.717, 1.165) is 16.4 Å². The van der Waals surface area contributed by atoms with E-state index in [2.05, 4.69) is 39.3 Å². The molecule has 1 N–H and O–H groups in total. The number of nitrogens with zero attached hydrogens (tertiary/aromatic N) is 2. The minimum atomic E-state index is 0.630. The van der Waals surface area contributed by atoms with Gasteiger partial charge in [-0.1, -0.05) is 0 Å². The number of hydrogen-bond acceptors (Lipinski definition) is 5. The molecule has 0 spiro atoms. The molecule has 0 unspecified atom stereocenters. The van der Waals surface area contributed by atoms with Gasteiger partial charge in [0.2, 0.25) is 0 Å². The van der Waals surface area contributed by atoms with E-state index in [-0.39, 0.29) is 0 Å². The highest BCUT2D eigenvalue weighted by molar-refractivity contribution is 7.17. The Bertz CT molecular complexity index is 749. The van der Waals surface area contributed by atoms with Gasteiger partial charge in [-0.25, -0.2) is 0 Å². The van der Waals surface area contributed by atoms with Gasteiger partial charge in [0.1, 0.15) is 16.6 Å². The van der Waals surface area contributed by atoms with Crippen LogP contribution in [0.4, 0.5) is 10.7 Å². The fraction of sp³-hybridized carbons (Fsp3) is 0.0769. The van der Waals surface area contributed by atoms with Gasteiger partial charge in [0, 0.05) is 10.4 Å². The molecular weight excluding hydrogens is 262 g/mol. The lowest BCUT2D eigenvalue weighted by atomic mass is 10.2. The predicted octanol–water partition coefficient (Wildman–Crippen LogP) is 4.28. The molecule has 5 heteroatoms. The van der Waals surface area contributed by atoms with Crippen LogP contribution in [0.15, 0.2) is 29.6 Å². The van der Waals surface area contributed by atoms with Gasteiger partial charge >= 0.3 is 0 Å². The first kappa shape index (κ1) is 11.2. The van der Waals surface area contributed by atoms with Crippen LogP contribution in [0.2, 0.25) is 0 Å². The van der Waals surface area contributed by atoms with Crippen molar-refractivity contribution in [3.63, 3.8) is 0 Å². The third kappa shape index (κ3) is 1.86. The van der Waals surface area contributed by atoms with Crippen LogP contribution in [0, 0.1) is 18.3 Å². The zero-order valence-electron chi connectivity index (χ0n) is 9.60. The molecule has 0 radical (unpaired) electrons. The quantitative estimate of drug-likeness (QED) is 0.756. The van der Waals surface area contributed by atoms with Gasteiger partial charge in [-0.2, -0.15) is 9.64 Å². The van der Waals surface area contributed by atoms with E-state index < -0.39 is 0 Å². The second-order valence-corrected chi connectivity index (χ2v) is 5.60. The van der Waals surface area contributed by atoms with E-state index in [1.54, 1.807) is 11.3 Å². The lowest BCUT2D eigenvalue weighted by molar-refractivity contribution is 1.31. The Kier molecular flexibility index (Phi) is 2.74. The Balaban J connectivity index is 1.98. The summed E-state index contributed by atoms with van der Waals surface area (Å²) in [4.78, 5) is 0. The average Bonchev–Trinajstić information content (AvgIpc) is 2.96. The Labute approximate surface area is 112 Å². The fourth-order valence-corrected chi connectivity index (χ4v) is 3.30. The smallest absolute Gasteiger partial charge is 0.132 e. The highest BCUT2D eigenvalue weighted by atomic mass is 32.1. The first-order valence-electron chi connectivity index (χ1n) is 5.38. The van der Waals surface area contributed by atoms with Crippen LogP contribution < -0.4 is 5.32 Å². The summed E-state index contributed by atoms with van der Waals surface area (Å²) in [6.07, 6.45) is 0. The fourth-order valence-electron chi connectivity index (χ4n) is 1.76. The van der Waals surface area contributed by atoms with Crippen LogP contribution in [-0.4, -0.2) is 4.37 Å². The largest absolute Gasteiger partial charge is 0.345 e. The van der Waals surface area contributed by atoms with Crippen molar-refractivity contribution in [1.82, 2.24) is 4.37 Å². The highest BCUT2D eigenvalue weighted by Gasteiger charge is 2.10. The molecule has 18 heavy (non-hydrogen) atoms. The normalized spacial score (nSPS) is 10.4. The number of fused-ring (bicyclic) bond motifs is 1. The summed E-state index contributed by atoms with van der Waals surface area (Å²) in [6.45, 7) is 1.85. The maximum atomic E-state index is 9.08. The van der Waals surface area contributed by atoms with Gasteiger partial charge in [-0.15, -0.1) is 11.3 Å². The number of aromatic nitrogens is 1. The van der Waals surface area contributed by atoms with Crippen LogP contribution in [0.25, 0.3) is 10.1 Å². The van der Waals surface area contributed by atoms with Crippen LogP contribution >= 0.6 is 22.9 Å². The summed E-state index contributed by atoms with van der Waals surface area (Å²) in [5.74, 6) is 0. The number of nitriles is 1. The molecule has 0 amide bonds. The molecule has 1 aromatic carbocycles. The lowest BCUT2D eigenvalue weighted by Crippen LogP contribution is -1.89. The molecule has 0 saturated carbocycles.